The molecular weight excluding hydrogens is 236 g/mol. The minimum absolute atomic E-state index is 0.172. The Kier molecular flexibility index (Phi) is 5.98. The smallest absolute Gasteiger partial charge is 0.0609 e. The van der Waals surface area contributed by atoms with Gasteiger partial charge in [-0.15, -0.1) is 0 Å². The third kappa shape index (κ3) is 4.30. The Labute approximate surface area is 117 Å². The molecule has 0 fully saturated rings. The molecule has 108 valence electrons. The predicted octanol–water partition coefficient (Wildman–Crippen LogP) is 2.29. The van der Waals surface area contributed by atoms with Crippen molar-refractivity contribution in [3.63, 3.8) is 0 Å². The van der Waals surface area contributed by atoms with Crippen LogP contribution in [-0.4, -0.2) is 42.8 Å². The minimum Gasteiger partial charge on any atom is -0.394 e. The standard InChI is InChI=1S/C16H28N2O/c1-13(11-18(5)16(2,3)12-19)15(17-4)14-9-7-6-8-10-14/h6-10,13,15,17,19H,11-12H2,1-5H3. The van der Waals surface area contributed by atoms with Gasteiger partial charge in [0.05, 0.1) is 6.61 Å². The van der Waals surface area contributed by atoms with Crippen LogP contribution < -0.4 is 5.32 Å². The second-order valence-electron chi connectivity index (χ2n) is 6.01. The summed E-state index contributed by atoms with van der Waals surface area (Å²) in [6.07, 6.45) is 0. The van der Waals surface area contributed by atoms with E-state index in [0.29, 0.717) is 12.0 Å². The van der Waals surface area contributed by atoms with E-state index in [4.69, 9.17) is 0 Å². The second kappa shape index (κ2) is 7.04. The van der Waals surface area contributed by atoms with E-state index in [0.717, 1.165) is 6.54 Å². The molecule has 0 spiro atoms. The van der Waals surface area contributed by atoms with Crippen molar-refractivity contribution >= 4 is 0 Å². The first-order chi connectivity index (χ1) is 8.92. The van der Waals surface area contributed by atoms with E-state index in [1.807, 2.05) is 13.1 Å². The highest BCUT2D eigenvalue weighted by atomic mass is 16.3. The van der Waals surface area contributed by atoms with Gasteiger partial charge in [0.1, 0.15) is 0 Å². The van der Waals surface area contributed by atoms with Gasteiger partial charge in [-0.3, -0.25) is 4.90 Å². The minimum atomic E-state index is -0.177. The molecule has 2 atom stereocenters. The zero-order chi connectivity index (χ0) is 14.5. The predicted molar refractivity (Wildman–Crippen MR) is 81.2 cm³/mol. The molecule has 3 nitrogen and oxygen atoms in total. The molecule has 1 rings (SSSR count). The van der Waals surface area contributed by atoms with Gasteiger partial charge < -0.3 is 10.4 Å². The lowest BCUT2D eigenvalue weighted by atomic mass is 9.92. The first kappa shape index (κ1) is 16.2. The number of hydrogen-bond acceptors (Lipinski definition) is 3. The summed E-state index contributed by atoms with van der Waals surface area (Å²) in [7, 11) is 4.08. The van der Waals surface area contributed by atoms with Gasteiger partial charge in [0.2, 0.25) is 0 Å². The second-order valence-corrected chi connectivity index (χ2v) is 6.01. The van der Waals surface area contributed by atoms with Crippen molar-refractivity contribution in [2.45, 2.75) is 32.4 Å². The van der Waals surface area contributed by atoms with Crippen LogP contribution in [0.3, 0.4) is 0 Å². The molecule has 0 saturated carbocycles. The number of likely N-dealkylation sites (N-methyl/N-ethyl adjacent to an activating group) is 1. The molecule has 2 N–H and O–H groups in total. The average Bonchev–Trinajstić information content (AvgIpc) is 2.40. The molecule has 3 heteroatoms. The van der Waals surface area contributed by atoms with Crippen molar-refractivity contribution in [1.29, 1.82) is 0 Å². The molecule has 2 unspecified atom stereocenters. The monoisotopic (exact) mass is 264 g/mol. The van der Waals surface area contributed by atoms with E-state index in [1.54, 1.807) is 0 Å². The number of hydrogen-bond donors (Lipinski definition) is 2. The summed E-state index contributed by atoms with van der Waals surface area (Å²) in [4.78, 5) is 2.23. The lowest BCUT2D eigenvalue weighted by Crippen LogP contribution is -2.47. The highest BCUT2D eigenvalue weighted by Crippen LogP contribution is 2.24. The molecule has 0 aromatic heterocycles. The Hall–Kier alpha value is -0.900. The van der Waals surface area contributed by atoms with Crippen molar-refractivity contribution in [2.24, 2.45) is 5.92 Å². The molecule has 0 heterocycles. The Balaban J connectivity index is 2.73. The number of nitrogens with zero attached hydrogens (tertiary/aromatic N) is 1. The zero-order valence-electron chi connectivity index (χ0n) is 12.9. The lowest BCUT2D eigenvalue weighted by Gasteiger charge is -2.37. The van der Waals surface area contributed by atoms with Gasteiger partial charge in [0.15, 0.2) is 0 Å². The van der Waals surface area contributed by atoms with Crippen LogP contribution in [0.1, 0.15) is 32.4 Å². The van der Waals surface area contributed by atoms with Crippen molar-refractivity contribution in [3.05, 3.63) is 35.9 Å². The summed E-state index contributed by atoms with van der Waals surface area (Å²) < 4.78 is 0. The Morgan fingerprint density at radius 2 is 1.84 bits per heavy atom. The number of benzene rings is 1. The Bertz CT molecular complexity index is 364. The van der Waals surface area contributed by atoms with Gasteiger partial charge in [-0.05, 0) is 39.4 Å². The van der Waals surface area contributed by atoms with Gasteiger partial charge in [-0.1, -0.05) is 37.3 Å². The fourth-order valence-corrected chi connectivity index (χ4v) is 2.35. The van der Waals surface area contributed by atoms with E-state index < -0.39 is 0 Å². The Morgan fingerprint density at radius 3 is 2.32 bits per heavy atom. The molecule has 0 radical (unpaired) electrons. The van der Waals surface area contributed by atoms with Gasteiger partial charge in [-0.2, -0.15) is 0 Å². The van der Waals surface area contributed by atoms with Crippen LogP contribution in [0, 0.1) is 5.92 Å². The van der Waals surface area contributed by atoms with Crippen LogP contribution in [-0.2, 0) is 0 Å². The van der Waals surface area contributed by atoms with Crippen molar-refractivity contribution in [2.75, 3.05) is 27.2 Å². The van der Waals surface area contributed by atoms with E-state index in [1.165, 1.54) is 5.56 Å². The maximum atomic E-state index is 9.43. The first-order valence-electron chi connectivity index (χ1n) is 6.96. The van der Waals surface area contributed by atoms with Crippen LogP contribution in [0.5, 0.6) is 0 Å². The first-order valence-corrected chi connectivity index (χ1v) is 6.96. The molecule has 19 heavy (non-hydrogen) atoms. The molecule has 0 aliphatic rings. The van der Waals surface area contributed by atoms with E-state index in [9.17, 15) is 5.11 Å². The van der Waals surface area contributed by atoms with Crippen LogP contribution >= 0.6 is 0 Å². The molecular formula is C16H28N2O. The van der Waals surface area contributed by atoms with Crippen molar-refractivity contribution in [1.82, 2.24) is 10.2 Å². The molecule has 0 aliphatic heterocycles. The normalized spacial score (nSPS) is 15.5. The van der Waals surface area contributed by atoms with Crippen molar-refractivity contribution < 1.29 is 5.11 Å². The maximum Gasteiger partial charge on any atom is 0.0609 e. The van der Waals surface area contributed by atoms with E-state index in [-0.39, 0.29) is 12.1 Å². The summed E-state index contributed by atoms with van der Waals surface area (Å²) in [6.45, 7) is 7.49. The number of rotatable bonds is 7. The highest BCUT2D eigenvalue weighted by molar-refractivity contribution is 5.19. The Morgan fingerprint density at radius 1 is 1.26 bits per heavy atom. The highest BCUT2D eigenvalue weighted by Gasteiger charge is 2.26. The summed E-state index contributed by atoms with van der Waals surface area (Å²) in [5.74, 6) is 0.461. The number of aliphatic hydroxyl groups excluding tert-OH is 1. The van der Waals surface area contributed by atoms with E-state index in [2.05, 4.69) is 62.3 Å². The third-order valence-corrected chi connectivity index (χ3v) is 4.02. The number of nitrogens with one attached hydrogen (secondary N) is 1. The SMILES string of the molecule is CNC(c1ccccc1)C(C)CN(C)C(C)(C)CO. The topological polar surface area (TPSA) is 35.5 Å². The fraction of sp³-hybridized carbons (Fsp3) is 0.625. The molecule has 1 aromatic rings. The zero-order valence-corrected chi connectivity index (χ0v) is 12.9. The third-order valence-electron chi connectivity index (χ3n) is 4.02. The summed E-state index contributed by atoms with van der Waals surface area (Å²) in [5, 5.41) is 12.8. The average molecular weight is 264 g/mol. The quantitative estimate of drug-likeness (QED) is 0.793. The lowest BCUT2D eigenvalue weighted by molar-refractivity contribution is 0.0635. The summed E-state index contributed by atoms with van der Waals surface area (Å²) in [5.41, 5.74) is 1.14. The molecule has 0 aliphatic carbocycles. The van der Waals surface area contributed by atoms with E-state index >= 15 is 0 Å². The van der Waals surface area contributed by atoms with Crippen LogP contribution in [0.25, 0.3) is 0 Å². The fourth-order valence-electron chi connectivity index (χ4n) is 2.35. The van der Waals surface area contributed by atoms with Gasteiger partial charge in [-0.25, -0.2) is 0 Å². The molecule has 1 aromatic carbocycles. The molecule has 0 saturated heterocycles. The van der Waals surface area contributed by atoms with Crippen LogP contribution in [0.15, 0.2) is 30.3 Å². The number of aliphatic hydroxyl groups is 1. The molecule has 0 amide bonds. The van der Waals surface area contributed by atoms with Crippen LogP contribution in [0.4, 0.5) is 0 Å². The van der Waals surface area contributed by atoms with Gasteiger partial charge in [0.25, 0.3) is 0 Å². The van der Waals surface area contributed by atoms with Gasteiger partial charge >= 0.3 is 0 Å². The van der Waals surface area contributed by atoms with Gasteiger partial charge in [0, 0.05) is 18.1 Å². The summed E-state index contributed by atoms with van der Waals surface area (Å²) in [6, 6.07) is 10.9. The van der Waals surface area contributed by atoms with Crippen molar-refractivity contribution in [3.8, 4) is 0 Å². The largest absolute Gasteiger partial charge is 0.394 e. The molecule has 0 bridgehead atoms. The summed E-state index contributed by atoms with van der Waals surface area (Å²) >= 11 is 0. The van der Waals surface area contributed by atoms with Crippen LogP contribution in [0.2, 0.25) is 0 Å². The maximum absolute atomic E-state index is 9.43.